The molecule has 0 aliphatic rings. The van der Waals surface area contributed by atoms with Gasteiger partial charge < -0.3 is 4.74 Å². The van der Waals surface area contributed by atoms with Gasteiger partial charge in [0.15, 0.2) is 5.75 Å². The first kappa shape index (κ1) is 14.8. The van der Waals surface area contributed by atoms with Gasteiger partial charge in [0.1, 0.15) is 4.90 Å². The summed E-state index contributed by atoms with van der Waals surface area (Å²) in [5.74, 6) is -4.10. The molecule has 1 aromatic rings. The van der Waals surface area contributed by atoms with Gasteiger partial charge in [0.25, 0.3) is 5.69 Å². The summed E-state index contributed by atoms with van der Waals surface area (Å²) >= 11 is 2.83. The van der Waals surface area contributed by atoms with Crippen LogP contribution < -0.4 is 4.74 Å². The standard InChI is InChI=1S/C8H6BrF2NO5S/c1-17-7-5(9)2-4(12(13)14)3-6(7)18(15,16)8(10)11/h2-3,8H,1H3. The zero-order valence-electron chi connectivity index (χ0n) is 8.76. The van der Waals surface area contributed by atoms with Crippen molar-refractivity contribution in [3.63, 3.8) is 0 Å². The van der Waals surface area contributed by atoms with Crippen molar-refractivity contribution in [1.29, 1.82) is 0 Å². The largest absolute Gasteiger partial charge is 0.494 e. The lowest BCUT2D eigenvalue weighted by Gasteiger charge is -2.10. The SMILES string of the molecule is COc1c(Br)cc([N+](=O)[O-])cc1S(=O)(=O)C(F)F. The van der Waals surface area contributed by atoms with E-state index in [1.807, 2.05) is 0 Å². The van der Waals surface area contributed by atoms with Gasteiger partial charge in [-0.05, 0) is 15.9 Å². The lowest BCUT2D eigenvalue weighted by atomic mass is 10.3. The lowest BCUT2D eigenvalue weighted by molar-refractivity contribution is -0.385. The number of hydrogen-bond donors (Lipinski definition) is 0. The number of nitro benzene ring substituents is 1. The highest BCUT2D eigenvalue weighted by atomic mass is 79.9. The fourth-order valence-electron chi connectivity index (χ4n) is 1.17. The van der Waals surface area contributed by atoms with E-state index >= 15 is 0 Å². The van der Waals surface area contributed by atoms with Crippen LogP contribution in [0.25, 0.3) is 0 Å². The number of alkyl halides is 2. The third-order valence-electron chi connectivity index (χ3n) is 1.95. The van der Waals surface area contributed by atoms with Crippen molar-refractivity contribution in [2.24, 2.45) is 0 Å². The van der Waals surface area contributed by atoms with Gasteiger partial charge >= 0.3 is 5.76 Å². The molecule has 0 fully saturated rings. The van der Waals surface area contributed by atoms with Crippen LogP contribution in [0.15, 0.2) is 21.5 Å². The Labute approximate surface area is 109 Å². The molecule has 10 heteroatoms. The van der Waals surface area contributed by atoms with Gasteiger partial charge in [0.2, 0.25) is 9.84 Å². The molecule has 0 spiro atoms. The molecule has 18 heavy (non-hydrogen) atoms. The summed E-state index contributed by atoms with van der Waals surface area (Å²) in [6.45, 7) is 0. The molecule has 0 amide bonds. The summed E-state index contributed by atoms with van der Waals surface area (Å²) in [5.41, 5.74) is -0.637. The molecule has 0 unspecified atom stereocenters. The third-order valence-corrected chi connectivity index (χ3v) is 3.92. The number of halogens is 3. The van der Waals surface area contributed by atoms with Gasteiger partial charge in [-0.3, -0.25) is 10.1 Å². The number of methoxy groups -OCH3 is 1. The first-order valence-corrected chi connectivity index (χ1v) is 6.59. The lowest BCUT2D eigenvalue weighted by Crippen LogP contribution is -2.13. The first-order valence-electron chi connectivity index (χ1n) is 4.25. The van der Waals surface area contributed by atoms with E-state index in [1.165, 1.54) is 0 Å². The second kappa shape index (κ2) is 5.14. The van der Waals surface area contributed by atoms with Gasteiger partial charge in [0.05, 0.1) is 16.5 Å². The maximum Gasteiger partial charge on any atom is 0.341 e. The van der Waals surface area contributed by atoms with Crippen molar-refractivity contribution in [3.8, 4) is 5.75 Å². The second-order valence-electron chi connectivity index (χ2n) is 3.02. The number of rotatable bonds is 4. The third kappa shape index (κ3) is 2.58. The minimum absolute atomic E-state index is 0.0987. The predicted molar refractivity (Wildman–Crippen MR) is 60.5 cm³/mol. The quantitative estimate of drug-likeness (QED) is 0.617. The van der Waals surface area contributed by atoms with Crippen molar-refractivity contribution in [3.05, 3.63) is 26.7 Å². The number of hydrogen-bond acceptors (Lipinski definition) is 5. The Morgan fingerprint density at radius 1 is 1.44 bits per heavy atom. The Balaban J connectivity index is 3.65. The molecule has 0 aromatic heterocycles. The van der Waals surface area contributed by atoms with E-state index < -0.39 is 36.9 Å². The number of non-ortho nitro benzene ring substituents is 1. The summed E-state index contributed by atoms with van der Waals surface area (Å²) < 4.78 is 52.2. The van der Waals surface area contributed by atoms with Crippen LogP contribution in [-0.4, -0.2) is 26.2 Å². The van der Waals surface area contributed by atoms with Gasteiger partial charge in [-0.2, -0.15) is 8.78 Å². The molecule has 0 heterocycles. The molecule has 0 saturated carbocycles. The minimum atomic E-state index is -4.99. The molecule has 100 valence electrons. The molecule has 1 aromatic carbocycles. The monoisotopic (exact) mass is 345 g/mol. The highest BCUT2D eigenvalue weighted by Gasteiger charge is 2.33. The number of sulfone groups is 1. The van der Waals surface area contributed by atoms with Crippen molar-refractivity contribution in [1.82, 2.24) is 0 Å². The molecule has 0 N–H and O–H groups in total. The van der Waals surface area contributed by atoms with Gasteiger partial charge in [-0.25, -0.2) is 8.42 Å². The van der Waals surface area contributed by atoms with Crippen LogP contribution >= 0.6 is 15.9 Å². The van der Waals surface area contributed by atoms with E-state index in [1.54, 1.807) is 0 Å². The molecule has 1 rings (SSSR count). The molecular weight excluding hydrogens is 340 g/mol. The summed E-state index contributed by atoms with van der Waals surface area (Å²) in [5, 5.41) is 10.6. The Morgan fingerprint density at radius 2 is 2.00 bits per heavy atom. The second-order valence-corrected chi connectivity index (χ2v) is 5.76. The number of benzene rings is 1. The highest BCUT2D eigenvalue weighted by Crippen LogP contribution is 2.38. The molecule has 0 saturated heterocycles. The summed E-state index contributed by atoms with van der Waals surface area (Å²) in [7, 11) is -3.93. The molecule has 0 aliphatic heterocycles. The van der Waals surface area contributed by atoms with E-state index in [0.29, 0.717) is 6.07 Å². The van der Waals surface area contributed by atoms with Crippen LogP contribution in [0.2, 0.25) is 0 Å². The summed E-state index contributed by atoms with van der Waals surface area (Å²) in [4.78, 5) is 8.74. The Bertz CT molecular complexity index is 589. The Hall–Kier alpha value is -1.29. The van der Waals surface area contributed by atoms with Crippen molar-refractivity contribution >= 4 is 31.5 Å². The maximum absolute atomic E-state index is 12.5. The van der Waals surface area contributed by atoms with Gasteiger partial charge in [0, 0.05) is 12.1 Å². The van der Waals surface area contributed by atoms with E-state index in [-0.39, 0.29) is 4.47 Å². The summed E-state index contributed by atoms with van der Waals surface area (Å²) in [6.07, 6.45) is 0. The van der Waals surface area contributed by atoms with Crippen molar-refractivity contribution in [2.45, 2.75) is 10.7 Å². The van der Waals surface area contributed by atoms with E-state index in [9.17, 15) is 27.3 Å². The fourth-order valence-corrected chi connectivity index (χ4v) is 2.84. The van der Waals surface area contributed by atoms with Gasteiger partial charge in [-0.1, -0.05) is 0 Å². The number of nitrogens with zero attached hydrogens (tertiary/aromatic N) is 1. The maximum atomic E-state index is 12.5. The molecule has 6 nitrogen and oxygen atoms in total. The molecule has 0 aliphatic carbocycles. The Morgan fingerprint density at radius 3 is 2.39 bits per heavy atom. The topological polar surface area (TPSA) is 86.5 Å². The minimum Gasteiger partial charge on any atom is -0.494 e. The average Bonchev–Trinajstić information content (AvgIpc) is 2.27. The van der Waals surface area contributed by atoms with Crippen LogP contribution in [0.4, 0.5) is 14.5 Å². The Kier molecular flexibility index (Phi) is 4.22. The van der Waals surface area contributed by atoms with Crippen LogP contribution in [0.5, 0.6) is 5.75 Å². The fraction of sp³-hybridized carbons (Fsp3) is 0.250. The van der Waals surface area contributed by atoms with E-state index in [4.69, 9.17) is 0 Å². The van der Waals surface area contributed by atoms with Crippen LogP contribution in [0.1, 0.15) is 0 Å². The van der Waals surface area contributed by atoms with Gasteiger partial charge in [-0.15, -0.1) is 0 Å². The molecular formula is C8H6BrF2NO5S. The number of nitro groups is 1. The highest BCUT2D eigenvalue weighted by molar-refractivity contribution is 9.10. The van der Waals surface area contributed by atoms with Crippen LogP contribution in [0.3, 0.4) is 0 Å². The molecule has 0 atom stereocenters. The van der Waals surface area contributed by atoms with Crippen molar-refractivity contribution < 1.29 is 26.9 Å². The smallest absolute Gasteiger partial charge is 0.341 e. The zero-order chi connectivity index (χ0) is 14.1. The average molecular weight is 346 g/mol. The van der Waals surface area contributed by atoms with Crippen LogP contribution in [0, 0.1) is 10.1 Å². The molecule has 0 bridgehead atoms. The first-order chi connectivity index (χ1) is 8.21. The van der Waals surface area contributed by atoms with E-state index in [2.05, 4.69) is 20.7 Å². The zero-order valence-corrected chi connectivity index (χ0v) is 11.2. The summed E-state index contributed by atoms with van der Waals surface area (Å²) in [6, 6.07) is 1.49. The van der Waals surface area contributed by atoms with Crippen LogP contribution in [-0.2, 0) is 9.84 Å². The van der Waals surface area contributed by atoms with E-state index in [0.717, 1.165) is 13.2 Å². The normalized spacial score (nSPS) is 11.6. The predicted octanol–water partition coefficient (Wildman–Crippen LogP) is 2.36. The number of ether oxygens (including phenoxy) is 1. The molecule has 0 radical (unpaired) electrons. The van der Waals surface area contributed by atoms with Crippen molar-refractivity contribution in [2.75, 3.05) is 7.11 Å².